The SMILES string of the molecule is O=C(CC1C=CCC1)N1CCN(c2ccccc2Cl)CC1. The molecule has 1 fully saturated rings. The van der Waals surface area contributed by atoms with Crippen LogP contribution in [0.25, 0.3) is 0 Å². The highest BCUT2D eigenvalue weighted by atomic mass is 35.5. The Balaban J connectivity index is 1.54. The van der Waals surface area contributed by atoms with Crippen LogP contribution in [0.1, 0.15) is 19.3 Å². The first kappa shape index (κ1) is 14.5. The quantitative estimate of drug-likeness (QED) is 0.800. The normalized spacial score (nSPS) is 21.9. The van der Waals surface area contributed by atoms with Crippen LogP contribution in [0.2, 0.25) is 5.02 Å². The van der Waals surface area contributed by atoms with E-state index in [-0.39, 0.29) is 0 Å². The number of hydrogen-bond donors (Lipinski definition) is 0. The third-order valence-electron chi connectivity index (χ3n) is 4.37. The minimum absolute atomic E-state index is 0.297. The molecule has 4 heteroatoms. The van der Waals surface area contributed by atoms with Gasteiger partial charge in [-0.25, -0.2) is 0 Å². The Morgan fingerprint density at radius 3 is 2.62 bits per heavy atom. The maximum atomic E-state index is 12.3. The molecular weight excluding hydrogens is 284 g/mol. The molecule has 1 amide bonds. The summed E-state index contributed by atoms with van der Waals surface area (Å²) in [5.41, 5.74) is 1.07. The van der Waals surface area contributed by atoms with Crippen LogP contribution < -0.4 is 4.90 Å². The average Bonchev–Trinajstić information content (AvgIpc) is 3.01. The van der Waals surface area contributed by atoms with Crippen LogP contribution in [0, 0.1) is 5.92 Å². The Morgan fingerprint density at radius 2 is 1.95 bits per heavy atom. The van der Waals surface area contributed by atoms with Crippen LogP contribution in [0.15, 0.2) is 36.4 Å². The van der Waals surface area contributed by atoms with Gasteiger partial charge in [-0.2, -0.15) is 0 Å². The predicted octanol–water partition coefficient (Wildman–Crippen LogP) is 3.34. The molecule has 0 radical (unpaired) electrons. The molecule has 1 aliphatic carbocycles. The van der Waals surface area contributed by atoms with E-state index in [2.05, 4.69) is 17.1 Å². The molecule has 1 heterocycles. The highest BCUT2D eigenvalue weighted by Gasteiger charge is 2.24. The van der Waals surface area contributed by atoms with Crippen molar-refractivity contribution < 1.29 is 4.79 Å². The molecule has 3 nitrogen and oxygen atoms in total. The lowest BCUT2D eigenvalue weighted by atomic mass is 10.0. The van der Waals surface area contributed by atoms with E-state index >= 15 is 0 Å². The molecule has 1 aromatic rings. The first-order valence-corrected chi connectivity index (χ1v) is 8.06. The molecule has 1 aliphatic heterocycles. The van der Waals surface area contributed by atoms with Gasteiger partial charge in [0.15, 0.2) is 0 Å². The van der Waals surface area contributed by atoms with Crippen molar-refractivity contribution in [3.63, 3.8) is 0 Å². The third-order valence-corrected chi connectivity index (χ3v) is 4.69. The number of carbonyl (C=O) groups is 1. The molecular formula is C17H21ClN2O. The number of anilines is 1. The van der Waals surface area contributed by atoms with Gasteiger partial charge in [0.25, 0.3) is 0 Å². The summed E-state index contributed by atoms with van der Waals surface area (Å²) in [4.78, 5) is 16.6. The number of hydrogen-bond acceptors (Lipinski definition) is 2. The Bertz CT molecular complexity index is 535. The summed E-state index contributed by atoms with van der Waals surface area (Å²) in [5, 5.41) is 0.786. The smallest absolute Gasteiger partial charge is 0.223 e. The zero-order valence-corrected chi connectivity index (χ0v) is 12.9. The van der Waals surface area contributed by atoms with Gasteiger partial charge in [-0.15, -0.1) is 0 Å². The molecule has 3 rings (SSSR count). The molecule has 0 N–H and O–H groups in total. The summed E-state index contributed by atoms with van der Waals surface area (Å²) in [5.74, 6) is 0.754. The van der Waals surface area contributed by atoms with E-state index < -0.39 is 0 Å². The Kier molecular flexibility index (Phi) is 4.49. The Morgan fingerprint density at radius 1 is 1.19 bits per heavy atom. The van der Waals surface area contributed by atoms with E-state index in [1.807, 2.05) is 29.2 Å². The summed E-state index contributed by atoms with van der Waals surface area (Å²) < 4.78 is 0. The van der Waals surface area contributed by atoms with Crippen LogP contribution in [-0.4, -0.2) is 37.0 Å². The lowest BCUT2D eigenvalue weighted by molar-refractivity contribution is -0.132. The van der Waals surface area contributed by atoms with Gasteiger partial charge >= 0.3 is 0 Å². The summed E-state index contributed by atoms with van der Waals surface area (Å²) in [6.07, 6.45) is 7.30. The lowest BCUT2D eigenvalue weighted by Gasteiger charge is -2.36. The zero-order valence-electron chi connectivity index (χ0n) is 12.2. The van der Waals surface area contributed by atoms with Crippen molar-refractivity contribution in [1.29, 1.82) is 0 Å². The fraction of sp³-hybridized carbons (Fsp3) is 0.471. The molecule has 0 aromatic heterocycles. The topological polar surface area (TPSA) is 23.6 Å². The molecule has 1 aromatic carbocycles. The Hall–Kier alpha value is -1.48. The monoisotopic (exact) mass is 304 g/mol. The van der Waals surface area contributed by atoms with Crippen molar-refractivity contribution in [2.24, 2.45) is 5.92 Å². The van der Waals surface area contributed by atoms with E-state index in [9.17, 15) is 4.79 Å². The summed E-state index contributed by atoms with van der Waals surface area (Å²) >= 11 is 6.24. The first-order valence-electron chi connectivity index (χ1n) is 7.68. The van der Waals surface area contributed by atoms with Crippen molar-refractivity contribution in [3.8, 4) is 0 Å². The third kappa shape index (κ3) is 3.41. The van der Waals surface area contributed by atoms with Gasteiger partial charge in [0.2, 0.25) is 5.91 Å². The van der Waals surface area contributed by atoms with Gasteiger partial charge in [-0.1, -0.05) is 35.9 Å². The van der Waals surface area contributed by atoms with Gasteiger partial charge < -0.3 is 9.80 Å². The second-order valence-corrected chi connectivity index (χ2v) is 6.20. The van der Waals surface area contributed by atoms with Crippen molar-refractivity contribution in [2.75, 3.05) is 31.1 Å². The number of allylic oxidation sites excluding steroid dienone is 2. The van der Waals surface area contributed by atoms with E-state index in [0.29, 0.717) is 18.2 Å². The van der Waals surface area contributed by atoms with Crippen molar-refractivity contribution in [1.82, 2.24) is 4.90 Å². The maximum absolute atomic E-state index is 12.3. The summed E-state index contributed by atoms with van der Waals surface area (Å²) in [7, 11) is 0. The highest BCUT2D eigenvalue weighted by molar-refractivity contribution is 6.33. The van der Waals surface area contributed by atoms with E-state index in [1.165, 1.54) is 0 Å². The first-order chi connectivity index (χ1) is 10.2. The number of para-hydroxylation sites is 1. The van der Waals surface area contributed by atoms with Crippen molar-refractivity contribution in [2.45, 2.75) is 19.3 Å². The van der Waals surface area contributed by atoms with Gasteiger partial charge in [0, 0.05) is 32.6 Å². The van der Waals surface area contributed by atoms with Crippen LogP contribution in [0.4, 0.5) is 5.69 Å². The molecule has 21 heavy (non-hydrogen) atoms. The van der Waals surface area contributed by atoms with Crippen LogP contribution in [0.5, 0.6) is 0 Å². The van der Waals surface area contributed by atoms with E-state index in [0.717, 1.165) is 49.7 Å². The van der Waals surface area contributed by atoms with Crippen LogP contribution in [0.3, 0.4) is 0 Å². The largest absolute Gasteiger partial charge is 0.367 e. The van der Waals surface area contributed by atoms with Gasteiger partial charge in [0.1, 0.15) is 0 Å². The number of amides is 1. The van der Waals surface area contributed by atoms with Gasteiger partial charge in [-0.05, 0) is 30.9 Å². The number of benzene rings is 1. The van der Waals surface area contributed by atoms with Gasteiger partial charge in [-0.3, -0.25) is 4.79 Å². The highest BCUT2D eigenvalue weighted by Crippen LogP contribution is 2.26. The van der Waals surface area contributed by atoms with Gasteiger partial charge in [0.05, 0.1) is 10.7 Å². The minimum Gasteiger partial charge on any atom is -0.367 e. The van der Waals surface area contributed by atoms with E-state index in [4.69, 9.17) is 11.6 Å². The number of nitrogens with zero attached hydrogens (tertiary/aromatic N) is 2. The molecule has 1 atom stereocenters. The molecule has 0 bridgehead atoms. The summed E-state index contributed by atoms with van der Waals surface area (Å²) in [6, 6.07) is 7.91. The molecule has 1 unspecified atom stereocenters. The fourth-order valence-corrected chi connectivity index (χ4v) is 3.38. The second-order valence-electron chi connectivity index (χ2n) is 5.79. The minimum atomic E-state index is 0.297. The van der Waals surface area contributed by atoms with E-state index in [1.54, 1.807) is 0 Å². The predicted molar refractivity (Wildman–Crippen MR) is 86.7 cm³/mol. The molecule has 0 saturated carbocycles. The van der Waals surface area contributed by atoms with Crippen LogP contribution >= 0.6 is 11.6 Å². The number of piperazine rings is 1. The van der Waals surface area contributed by atoms with Crippen molar-refractivity contribution in [3.05, 3.63) is 41.4 Å². The summed E-state index contributed by atoms with van der Waals surface area (Å²) in [6.45, 7) is 3.30. The molecule has 112 valence electrons. The standard InChI is InChI=1S/C17H21ClN2O/c18-15-7-3-4-8-16(15)19-9-11-20(12-10-19)17(21)13-14-5-1-2-6-14/h1,3-5,7-8,14H,2,6,9-13H2. The number of halogens is 1. The van der Waals surface area contributed by atoms with Crippen molar-refractivity contribution >= 4 is 23.2 Å². The molecule has 1 saturated heterocycles. The average molecular weight is 305 g/mol. The van der Waals surface area contributed by atoms with Crippen LogP contribution in [-0.2, 0) is 4.79 Å². The lowest BCUT2D eigenvalue weighted by Crippen LogP contribution is -2.49. The second kappa shape index (κ2) is 6.52. The molecule has 0 spiro atoms. The Labute approximate surface area is 131 Å². The molecule has 2 aliphatic rings. The fourth-order valence-electron chi connectivity index (χ4n) is 3.12. The number of rotatable bonds is 3. The number of carbonyl (C=O) groups excluding carboxylic acids is 1. The maximum Gasteiger partial charge on any atom is 0.223 e. The zero-order chi connectivity index (χ0) is 14.7.